The molecule has 0 saturated carbocycles. The van der Waals surface area contributed by atoms with Crippen molar-refractivity contribution in [2.75, 3.05) is 0 Å². The fourth-order valence-electron chi connectivity index (χ4n) is 2.05. The smallest absolute Gasteiger partial charge is 0.107 e. The summed E-state index contributed by atoms with van der Waals surface area (Å²) in [5.74, 6) is 0. The fourth-order valence-corrected chi connectivity index (χ4v) is 3.07. The highest BCUT2D eigenvalue weighted by atomic mass is 35.5. The third kappa shape index (κ3) is 3.91. The summed E-state index contributed by atoms with van der Waals surface area (Å²) in [4.78, 5) is 5.64. The van der Waals surface area contributed by atoms with E-state index in [0.717, 1.165) is 28.7 Å². The van der Waals surface area contributed by atoms with E-state index in [0.29, 0.717) is 0 Å². The normalized spacial score (nSPS) is 10.7. The standard InChI is InChI=1S/C17H15ClN2S/c18-15-8-6-14(7-9-15)16-11-20-17(21-16)12-19-10-13-4-2-1-3-5-13/h1-9,11,19H,10,12H2. The molecule has 1 heterocycles. The monoisotopic (exact) mass is 314 g/mol. The molecule has 0 aliphatic carbocycles. The first-order valence-electron chi connectivity index (χ1n) is 6.76. The van der Waals surface area contributed by atoms with Crippen molar-refractivity contribution < 1.29 is 0 Å². The maximum Gasteiger partial charge on any atom is 0.107 e. The van der Waals surface area contributed by atoms with Crippen LogP contribution in [0.1, 0.15) is 10.6 Å². The maximum absolute atomic E-state index is 5.91. The first-order chi connectivity index (χ1) is 10.3. The summed E-state index contributed by atoms with van der Waals surface area (Å²) >= 11 is 7.62. The Bertz CT molecular complexity index is 692. The highest BCUT2D eigenvalue weighted by molar-refractivity contribution is 7.15. The number of rotatable bonds is 5. The summed E-state index contributed by atoms with van der Waals surface area (Å²) in [6.07, 6.45) is 1.92. The molecule has 1 N–H and O–H groups in total. The van der Waals surface area contributed by atoms with E-state index >= 15 is 0 Å². The molecule has 0 bridgehead atoms. The van der Waals surface area contributed by atoms with E-state index in [4.69, 9.17) is 11.6 Å². The molecule has 106 valence electrons. The van der Waals surface area contributed by atoms with Crippen LogP contribution in [-0.2, 0) is 13.1 Å². The fraction of sp³-hybridized carbons (Fsp3) is 0.118. The van der Waals surface area contributed by atoms with Gasteiger partial charge in [-0.3, -0.25) is 0 Å². The number of hydrogen-bond donors (Lipinski definition) is 1. The van der Waals surface area contributed by atoms with Crippen molar-refractivity contribution in [1.82, 2.24) is 10.3 Å². The molecule has 0 atom stereocenters. The molecule has 2 aromatic carbocycles. The van der Waals surface area contributed by atoms with Crippen molar-refractivity contribution in [3.05, 3.63) is 76.4 Å². The van der Waals surface area contributed by atoms with E-state index in [1.165, 1.54) is 10.4 Å². The van der Waals surface area contributed by atoms with Gasteiger partial charge < -0.3 is 5.32 Å². The molecule has 3 aromatic rings. The number of aromatic nitrogens is 1. The molecular weight excluding hydrogens is 300 g/mol. The van der Waals surface area contributed by atoms with Gasteiger partial charge in [0.15, 0.2) is 0 Å². The minimum Gasteiger partial charge on any atom is -0.306 e. The molecular formula is C17H15ClN2S. The zero-order chi connectivity index (χ0) is 14.5. The van der Waals surface area contributed by atoms with Gasteiger partial charge in [-0.05, 0) is 23.3 Å². The minimum absolute atomic E-state index is 0.757. The Hall–Kier alpha value is -1.68. The SMILES string of the molecule is Clc1ccc(-c2cnc(CNCc3ccccc3)s2)cc1. The van der Waals surface area contributed by atoms with Crippen molar-refractivity contribution in [3.63, 3.8) is 0 Å². The zero-order valence-electron chi connectivity index (χ0n) is 11.4. The van der Waals surface area contributed by atoms with Gasteiger partial charge in [0.25, 0.3) is 0 Å². The predicted molar refractivity (Wildman–Crippen MR) is 89.5 cm³/mol. The lowest BCUT2D eigenvalue weighted by molar-refractivity contribution is 0.690. The van der Waals surface area contributed by atoms with E-state index in [2.05, 4.69) is 34.6 Å². The molecule has 3 rings (SSSR count). The molecule has 0 spiro atoms. The second-order valence-electron chi connectivity index (χ2n) is 4.71. The maximum atomic E-state index is 5.91. The van der Waals surface area contributed by atoms with Gasteiger partial charge >= 0.3 is 0 Å². The van der Waals surface area contributed by atoms with Crippen LogP contribution in [-0.4, -0.2) is 4.98 Å². The Morgan fingerprint density at radius 1 is 0.952 bits per heavy atom. The van der Waals surface area contributed by atoms with Crippen LogP contribution in [0.25, 0.3) is 10.4 Å². The highest BCUT2D eigenvalue weighted by Gasteiger charge is 2.04. The van der Waals surface area contributed by atoms with Gasteiger partial charge in [-0.2, -0.15) is 0 Å². The van der Waals surface area contributed by atoms with Crippen molar-refractivity contribution in [1.29, 1.82) is 0 Å². The van der Waals surface area contributed by atoms with Gasteiger partial charge in [0, 0.05) is 24.3 Å². The summed E-state index contributed by atoms with van der Waals surface area (Å²) in [5, 5.41) is 5.27. The molecule has 2 nitrogen and oxygen atoms in total. The number of benzene rings is 2. The van der Waals surface area contributed by atoms with E-state index in [1.807, 2.05) is 36.5 Å². The first kappa shape index (κ1) is 14.3. The molecule has 0 unspecified atom stereocenters. The average molecular weight is 315 g/mol. The summed E-state index contributed by atoms with van der Waals surface area (Å²) in [7, 11) is 0. The van der Waals surface area contributed by atoms with Crippen LogP contribution in [0.5, 0.6) is 0 Å². The van der Waals surface area contributed by atoms with Gasteiger partial charge in [-0.25, -0.2) is 4.98 Å². The topological polar surface area (TPSA) is 24.9 Å². The van der Waals surface area contributed by atoms with Gasteiger partial charge in [-0.1, -0.05) is 54.1 Å². The number of nitrogens with zero attached hydrogens (tertiary/aromatic N) is 1. The Morgan fingerprint density at radius 2 is 1.71 bits per heavy atom. The summed E-state index contributed by atoms with van der Waals surface area (Å²) in [6, 6.07) is 18.2. The third-order valence-electron chi connectivity index (χ3n) is 3.13. The Kier molecular flexibility index (Phi) is 4.65. The molecule has 0 amide bonds. The average Bonchev–Trinajstić information content (AvgIpc) is 2.98. The lowest BCUT2D eigenvalue weighted by Crippen LogP contribution is -2.12. The van der Waals surface area contributed by atoms with Crippen molar-refractivity contribution >= 4 is 22.9 Å². The van der Waals surface area contributed by atoms with E-state index in [9.17, 15) is 0 Å². The number of hydrogen-bond acceptors (Lipinski definition) is 3. The summed E-state index contributed by atoms with van der Waals surface area (Å²) < 4.78 is 0. The van der Waals surface area contributed by atoms with E-state index < -0.39 is 0 Å². The summed E-state index contributed by atoms with van der Waals surface area (Å²) in [5.41, 5.74) is 2.44. The van der Waals surface area contributed by atoms with Gasteiger partial charge in [0.05, 0.1) is 4.88 Å². The molecule has 0 radical (unpaired) electrons. The third-order valence-corrected chi connectivity index (χ3v) is 4.43. The van der Waals surface area contributed by atoms with Crippen LogP contribution in [0.3, 0.4) is 0 Å². The first-order valence-corrected chi connectivity index (χ1v) is 7.96. The molecule has 4 heteroatoms. The van der Waals surface area contributed by atoms with Crippen LogP contribution in [0.15, 0.2) is 60.8 Å². The van der Waals surface area contributed by atoms with Gasteiger partial charge in [-0.15, -0.1) is 11.3 Å². The Balaban J connectivity index is 1.59. The second kappa shape index (κ2) is 6.85. The van der Waals surface area contributed by atoms with Crippen LogP contribution in [0, 0.1) is 0 Å². The largest absolute Gasteiger partial charge is 0.306 e. The second-order valence-corrected chi connectivity index (χ2v) is 6.27. The molecule has 0 aliphatic rings. The Labute approximate surface area is 133 Å². The van der Waals surface area contributed by atoms with Gasteiger partial charge in [0.1, 0.15) is 5.01 Å². The number of halogens is 1. The zero-order valence-corrected chi connectivity index (χ0v) is 13.0. The molecule has 0 saturated heterocycles. The van der Waals surface area contributed by atoms with Crippen LogP contribution < -0.4 is 5.32 Å². The van der Waals surface area contributed by atoms with Crippen molar-refractivity contribution in [2.24, 2.45) is 0 Å². The molecule has 1 aromatic heterocycles. The molecule has 21 heavy (non-hydrogen) atoms. The summed E-state index contributed by atoms with van der Waals surface area (Å²) in [6.45, 7) is 1.64. The highest BCUT2D eigenvalue weighted by Crippen LogP contribution is 2.27. The lowest BCUT2D eigenvalue weighted by atomic mass is 10.2. The number of nitrogens with one attached hydrogen (secondary N) is 1. The predicted octanol–water partition coefficient (Wildman–Crippen LogP) is 4.75. The molecule has 0 aliphatic heterocycles. The van der Waals surface area contributed by atoms with E-state index in [1.54, 1.807) is 11.3 Å². The lowest BCUT2D eigenvalue weighted by Gasteiger charge is -2.02. The molecule has 0 fully saturated rings. The minimum atomic E-state index is 0.757. The van der Waals surface area contributed by atoms with Crippen molar-refractivity contribution in [2.45, 2.75) is 13.1 Å². The van der Waals surface area contributed by atoms with Crippen LogP contribution in [0.2, 0.25) is 5.02 Å². The van der Waals surface area contributed by atoms with Gasteiger partial charge in [0.2, 0.25) is 0 Å². The van der Waals surface area contributed by atoms with Crippen molar-refractivity contribution in [3.8, 4) is 10.4 Å². The number of thiazole rings is 1. The Morgan fingerprint density at radius 3 is 2.48 bits per heavy atom. The van der Waals surface area contributed by atoms with Crippen LogP contribution in [0.4, 0.5) is 0 Å². The van der Waals surface area contributed by atoms with Crippen LogP contribution >= 0.6 is 22.9 Å². The van der Waals surface area contributed by atoms with E-state index in [-0.39, 0.29) is 0 Å². The quantitative estimate of drug-likeness (QED) is 0.735.